The lowest BCUT2D eigenvalue weighted by molar-refractivity contribution is -0.151. The van der Waals surface area contributed by atoms with Crippen LogP contribution in [0.15, 0.2) is 24.3 Å². The van der Waals surface area contributed by atoms with Gasteiger partial charge in [-0.15, -0.1) is 0 Å². The van der Waals surface area contributed by atoms with Gasteiger partial charge >= 0.3 is 5.97 Å². The molecule has 0 aliphatic rings. The Kier molecular flexibility index (Phi) is 8.70. The van der Waals surface area contributed by atoms with Gasteiger partial charge in [0.25, 0.3) is 0 Å². The molecule has 1 aromatic rings. The second-order valence-electron chi connectivity index (χ2n) is 5.63. The summed E-state index contributed by atoms with van der Waals surface area (Å²) in [7, 11) is 0. The van der Waals surface area contributed by atoms with Crippen molar-refractivity contribution in [1.29, 1.82) is 0 Å². The summed E-state index contributed by atoms with van der Waals surface area (Å²) in [5, 5.41) is 10.0. The molecule has 128 valence electrons. The molecule has 1 atom stereocenters. The van der Waals surface area contributed by atoms with Gasteiger partial charge in [0.2, 0.25) is 5.91 Å². The fourth-order valence-corrected chi connectivity index (χ4v) is 2.74. The number of rotatable bonds is 10. The third-order valence-corrected chi connectivity index (χ3v) is 4.29. The zero-order valence-electron chi connectivity index (χ0n) is 13.9. The van der Waals surface area contributed by atoms with Crippen molar-refractivity contribution in [2.45, 2.75) is 46.0 Å². The molecule has 0 aliphatic carbocycles. The van der Waals surface area contributed by atoms with E-state index in [1.807, 2.05) is 38.1 Å². The number of carbonyl (C=O) groups is 2. The number of halogens is 1. The van der Waals surface area contributed by atoms with Crippen LogP contribution in [0, 0.1) is 5.92 Å². The summed E-state index contributed by atoms with van der Waals surface area (Å²) in [6.07, 6.45) is 3.99. The maximum atomic E-state index is 12.2. The van der Waals surface area contributed by atoms with Crippen LogP contribution in [-0.2, 0) is 16.0 Å². The van der Waals surface area contributed by atoms with Crippen LogP contribution in [0.1, 0.15) is 45.1 Å². The normalized spacial score (nSPS) is 12.0. The van der Waals surface area contributed by atoms with E-state index in [1.54, 1.807) is 4.90 Å². The molecule has 0 bridgehead atoms. The van der Waals surface area contributed by atoms with Gasteiger partial charge in [0.05, 0.1) is 0 Å². The van der Waals surface area contributed by atoms with Crippen molar-refractivity contribution < 1.29 is 14.7 Å². The summed E-state index contributed by atoms with van der Waals surface area (Å²) < 4.78 is 0. The zero-order valence-corrected chi connectivity index (χ0v) is 14.7. The minimum absolute atomic E-state index is 0.264. The van der Waals surface area contributed by atoms with Crippen molar-refractivity contribution in [3.63, 3.8) is 0 Å². The van der Waals surface area contributed by atoms with Crippen molar-refractivity contribution >= 4 is 23.5 Å². The fraction of sp³-hybridized carbons (Fsp3) is 0.556. The molecule has 4 nitrogen and oxygen atoms in total. The van der Waals surface area contributed by atoms with Gasteiger partial charge in [-0.1, -0.05) is 36.6 Å². The summed E-state index contributed by atoms with van der Waals surface area (Å²) in [5.41, 5.74) is 1.23. The van der Waals surface area contributed by atoms with Crippen LogP contribution in [0.5, 0.6) is 0 Å². The minimum atomic E-state index is -1.01. The van der Waals surface area contributed by atoms with Crippen molar-refractivity contribution in [3.05, 3.63) is 34.9 Å². The van der Waals surface area contributed by atoms with E-state index in [0.717, 1.165) is 30.7 Å². The first-order valence-corrected chi connectivity index (χ1v) is 8.63. The molecule has 1 unspecified atom stereocenters. The monoisotopic (exact) mass is 339 g/mol. The molecular weight excluding hydrogens is 314 g/mol. The Hall–Kier alpha value is -1.55. The number of carbonyl (C=O) groups excluding carboxylic acids is 1. The Morgan fingerprint density at radius 3 is 2.22 bits per heavy atom. The highest BCUT2D eigenvalue weighted by molar-refractivity contribution is 6.30. The third-order valence-electron chi connectivity index (χ3n) is 4.04. The van der Waals surface area contributed by atoms with E-state index in [0.29, 0.717) is 19.5 Å². The maximum absolute atomic E-state index is 12.2. The fourth-order valence-electron chi connectivity index (χ4n) is 2.61. The van der Waals surface area contributed by atoms with Gasteiger partial charge < -0.3 is 10.0 Å². The van der Waals surface area contributed by atoms with Gasteiger partial charge in [0.1, 0.15) is 5.92 Å². The summed E-state index contributed by atoms with van der Waals surface area (Å²) in [4.78, 5) is 25.1. The SMILES string of the molecule is CCN(CC)C(=O)C(CCCCCc1ccc(Cl)cc1)C(=O)O. The molecule has 1 amide bonds. The Morgan fingerprint density at radius 2 is 1.70 bits per heavy atom. The van der Waals surface area contributed by atoms with Gasteiger partial charge in [-0.3, -0.25) is 9.59 Å². The molecule has 0 radical (unpaired) electrons. The highest BCUT2D eigenvalue weighted by Gasteiger charge is 2.28. The average Bonchev–Trinajstić information content (AvgIpc) is 2.53. The molecule has 0 saturated carbocycles. The van der Waals surface area contributed by atoms with E-state index in [-0.39, 0.29) is 5.91 Å². The van der Waals surface area contributed by atoms with Crippen molar-refractivity contribution in [3.8, 4) is 0 Å². The molecule has 1 aromatic carbocycles. The Balaban J connectivity index is 2.37. The Labute approximate surface area is 143 Å². The first kappa shape index (κ1) is 19.5. The summed E-state index contributed by atoms with van der Waals surface area (Å²) in [5.74, 6) is -2.19. The number of hydrogen-bond acceptors (Lipinski definition) is 2. The lowest BCUT2D eigenvalue weighted by Crippen LogP contribution is -2.39. The molecule has 5 heteroatoms. The van der Waals surface area contributed by atoms with E-state index in [1.165, 1.54) is 5.56 Å². The van der Waals surface area contributed by atoms with Crippen LogP contribution in [-0.4, -0.2) is 35.0 Å². The van der Waals surface area contributed by atoms with Gasteiger partial charge in [-0.25, -0.2) is 0 Å². The minimum Gasteiger partial charge on any atom is -0.481 e. The maximum Gasteiger partial charge on any atom is 0.316 e. The number of carboxylic acid groups (broad SMARTS) is 1. The molecule has 0 aliphatic heterocycles. The van der Waals surface area contributed by atoms with Gasteiger partial charge in [-0.2, -0.15) is 0 Å². The standard InChI is InChI=1S/C18H26ClNO3/c1-3-20(4-2)17(21)16(18(22)23)9-7-5-6-8-14-10-12-15(19)13-11-14/h10-13,16H,3-9H2,1-2H3,(H,22,23). The highest BCUT2D eigenvalue weighted by atomic mass is 35.5. The van der Waals surface area contributed by atoms with Crippen molar-refractivity contribution in [1.82, 2.24) is 4.90 Å². The van der Waals surface area contributed by atoms with Crippen LogP contribution in [0.3, 0.4) is 0 Å². The van der Waals surface area contributed by atoms with Gasteiger partial charge in [0.15, 0.2) is 0 Å². The van der Waals surface area contributed by atoms with E-state index in [2.05, 4.69) is 0 Å². The number of unbranched alkanes of at least 4 members (excludes halogenated alkanes) is 2. The van der Waals surface area contributed by atoms with Crippen LogP contribution < -0.4 is 0 Å². The lowest BCUT2D eigenvalue weighted by Gasteiger charge is -2.22. The molecule has 0 saturated heterocycles. The quantitative estimate of drug-likeness (QED) is 0.517. The lowest BCUT2D eigenvalue weighted by atomic mass is 9.98. The summed E-state index contributed by atoms with van der Waals surface area (Å²) in [6.45, 7) is 4.84. The summed E-state index contributed by atoms with van der Waals surface area (Å²) in [6, 6.07) is 7.76. The molecular formula is C18H26ClNO3. The molecule has 0 fully saturated rings. The first-order chi connectivity index (χ1) is 11.0. The van der Waals surface area contributed by atoms with E-state index in [9.17, 15) is 14.7 Å². The topological polar surface area (TPSA) is 57.6 Å². The van der Waals surface area contributed by atoms with Gasteiger partial charge in [-0.05, 0) is 50.8 Å². The van der Waals surface area contributed by atoms with E-state index < -0.39 is 11.9 Å². The third kappa shape index (κ3) is 6.61. The molecule has 0 heterocycles. The number of hydrogen-bond donors (Lipinski definition) is 1. The second-order valence-corrected chi connectivity index (χ2v) is 6.06. The highest BCUT2D eigenvalue weighted by Crippen LogP contribution is 2.16. The Bertz CT molecular complexity index is 497. The second kappa shape index (κ2) is 10.3. The molecule has 1 N–H and O–H groups in total. The predicted molar refractivity (Wildman–Crippen MR) is 92.7 cm³/mol. The molecule has 1 rings (SSSR count). The molecule has 23 heavy (non-hydrogen) atoms. The average molecular weight is 340 g/mol. The predicted octanol–water partition coefficient (Wildman–Crippen LogP) is 4.01. The number of carboxylic acids is 1. The van der Waals surface area contributed by atoms with Gasteiger partial charge in [0, 0.05) is 18.1 Å². The largest absolute Gasteiger partial charge is 0.481 e. The zero-order chi connectivity index (χ0) is 17.2. The van der Waals surface area contributed by atoms with Crippen LogP contribution in [0.25, 0.3) is 0 Å². The number of aryl methyl sites for hydroxylation is 1. The Morgan fingerprint density at radius 1 is 1.09 bits per heavy atom. The van der Waals surface area contributed by atoms with E-state index >= 15 is 0 Å². The number of aliphatic carboxylic acids is 1. The van der Waals surface area contributed by atoms with Crippen LogP contribution >= 0.6 is 11.6 Å². The molecule has 0 aromatic heterocycles. The smallest absolute Gasteiger partial charge is 0.316 e. The van der Waals surface area contributed by atoms with Crippen molar-refractivity contribution in [2.75, 3.05) is 13.1 Å². The first-order valence-electron chi connectivity index (χ1n) is 8.25. The van der Waals surface area contributed by atoms with Crippen LogP contribution in [0.2, 0.25) is 5.02 Å². The molecule has 0 spiro atoms. The van der Waals surface area contributed by atoms with E-state index in [4.69, 9.17) is 11.6 Å². The number of nitrogens with zero attached hydrogens (tertiary/aromatic N) is 1. The van der Waals surface area contributed by atoms with Crippen molar-refractivity contribution in [2.24, 2.45) is 5.92 Å². The van der Waals surface area contributed by atoms with Crippen LogP contribution in [0.4, 0.5) is 0 Å². The number of amides is 1. The number of benzene rings is 1. The summed E-state index contributed by atoms with van der Waals surface area (Å²) >= 11 is 5.85.